The summed E-state index contributed by atoms with van der Waals surface area (Å²) in [4.78, 5) is 9.33. The number of ether oxygens (including phenoxy) is 1. The highest BCUT2D eigenvalue weighted by atomic mass is 19.1. The molecular weight excluding hydrogens is 264 g/mol. The standard InChI is InChI=1S/C10H11F2N3O4/c11-6-5-9(7(12)4-8(6)15(17)18)19-3-1-2-10(13)14-16/h4-5,16H,1-3H2,(H2,13,14). The van der Waals surface area contributed by atoms with Crippen LogP contribution in [0.25, 0.3) is 0 Å². The van der Waals surface area contributed by atoms with Crippen LogP contribution in [0.4, 0.5) is 14.5 Å². The molecule has 0 radical (unpaired) electrons. The molecule has 0 aliphatic rings. The van der Waals surface area contributed by atoms with E-state index in [1.54, 1.807) is 0 Å². The van der Waals surface area contributed by atoms with Crippen LogP contribution < -0.4 is 10.5 Å². The van der Waals surface area contributed by atoms with Gasteiger partial charge in [-0.05, 0) is 6.42 Å². The third-order valence-electron chi connectivity index (χ3n) is 2.16. The molecule has 7 nitrogen and oxygen atoms in total. The molecule has 104 valence electrons. The Bertz CT molecular complexity index is 508. The molecular formula is C10H11F2N3O4. The van der Waals surface area contributed by atoms with Crippen molar-refractivity contribution in [1.29, 1.82) is 0 Å². The molecule has 0 heterocycles. The van der Waals surface area contributed by atoms with E-state index in [0.29, 0.717) is 18.6 Å². The van der Waals surface area contributed by atoms with Crippen molar-refractivity contribution in [2.75, 3.05) is 6.61 Å². The van der Waals surface area contributed by atoms with E-state index < -0.39 is 28.0 Å². The Morgan fingerprint density at radius 2 is 2.16 bits per heavy atom. The molecule has 0 saturated carbocycles. The molecule has 0 unspecified atom stereocenters. The van der Waals surface area contributed by atoms with E-state index in [0.717, 1.165) is 0 Å². The number of benzene rings is 1. The van der Waals surface area contributed by atoms with Gasteiger partial charge >= 0.3 is 5.69 Å². The molecule has 3 N–H and O–H groups in total. The Kier molecular flexibility index (Phi) is 4.98. The summed E-state index contributed by atoms with van der Waals surface area (Å²) in [5.74, 6) is -2.66. The Morgan fingerprint density at radius 3 is 2.74 bits per heavy atom. The Balaban J connectivity index is 2.65. The maximum Gasteiger partial charge on any atom is 0.307 e. The number of oxime groups is 1. The lowest BCUT2D eigenvalue weighted by Crippen LogP contribution is -2.13. The largest absolute Gasteiger partial charge is 0.490 e. The lowest BCUT2D eigenvalue weighted by atomic mass is 10.2. The van der Waals surface area contributed by atoms with Crippen LogP contribution in [0.2, 0.25) is 0 Å². The average Bonchev–Trinajstić information content (AvgIpc) is 2.37. The van der Waals surface area contributed by atoms with Gasteiger partial charge in [0.25, 0.3) is 0 Å². The monoisotopic (exact) mass is 275 g/mol. The van der Waals surface area contributed by atoms with Gasteiger partial charge in [-0.1, -0.05) is 5.16 Å². The molecule has 9 heteroatoms. The second-order valence-electron chi connectivity index (χ2n) is 3.53. The zero-order chi connectivity index (χ0) is 14.4. The van der Waals surface area contributed by atoms with Crippen molar-refractivity contribution in [3.63, 3.8) is 0 Å². The second-order valence-corrected chi connectivity index (χ2v) is 3.53. The fourth-order valence-electron chi connectivity index (χ4n) is 1.25. The van der Waals surface area contributed by atoms with Gasteiger partial charge in [0.2, 0.25) is 5.82 Å². The minimum absolute atomic E-state index is 0.00953. The highest BCUT2D eigenvalue weighted by Crippen LogP contribution is 2.26. The summed E-state index contributed by atoms with van der Waals surface area (Å²) < 4.78 is 31.5. The summed E-state index contributed by atoms with van der Waals surface area (Å²) in [5, 5.41) is 21.3. The van der Waals surface area contributed by atoms with Crippen LogP contribution >= 0.6 is 0 Å². The molecule has 1 aromatic carbocycles. The van der Waals surface area contributed by atoms with E-state index in [-0.39, 0.29) is 18.9 Å². The van der Waals surface area contributed by atoms with E-state index in [4.69, 9.17) is 15.7 Å². The fourth-order valence-corrected chi connectivity index (χ4v) is 1.25. The first-order chi connectivity index (χ1) is 8.95. The summed E-state index contributed by atoms with van der Waals surface area (Å²) >= 11 is 0. The lowest BCUT2D eigenvalue weighted by molar-refractivity contribution is -0.387. The molecule has 0 aliphatic carbocycles. The summed E-state index contributed by atoms with van der Waals surface area (Å²) in [6.45, 7) is -0.00953. The topological polar surface area (TPSA) is 111 Å². The van der Waals surface area contributed by atoms with Crippen molar-refractivity contribution < 1.29 is 23.6 Å². The lowest BCUT2D eigenvalue weighted by Gasteiger charge is -2.07. The van der Waals surface area contributed by atoms with Crippen molar-refractivity contribution in [2.45, 2.75) is 12.8 Å². The highest BCUT2D eigenvalue weighted by molar-refractivity contribution is 5.79. The van der Waals surface area contributed by atoms with Gasteiger partial charge in [0.05, 0.1) is 17.6 Å². The maximum absolute atomic E-state index is 13.4. The predicted octanol–water partition coefficient (Wildman–Crippen LogP) is 1.78. The highest BCUT2D eigenvalue weighted by Gasteiger charge is 2.19. The number of nitrogens with two attached hydrogens (primary N) is 1. The first-order valence-corrected chi connectivity index (χ1v) is 5.18. The van der Waals surface area contributed by atoms with Crippen molar-refractivity contribution in [3.05, 3.63) is 33.9 Å². The van der Waals surface area contributed by atoms with Gasteiger partial charge < -0.3 is 15.7 Å². The normalized spacial score (nSPS) is 11.4. The van der Waals surface area contributed by atoms with E-state index in [1.165, 1.54) is 0 Å². The van der Waals surface area contributed by atoms with Crippen LogP contribution in [0.3, 0.4) is 0 Å². The SMILES string of the molecule is NC(CCCOc1cc(F)c([N+](=O)[O-])cc1F)=NO. The fraction of sp³-hybridized carbons (Fsp3) is 0.300. The molecule has 1 aromatic rings. The van der Waals surface area contributed by atoms with E-state index in [2.05, 4.69) is 5.16 Å². The van der Waals surface area contributed by atoms with Gasteiger partial charge in [-0.2, -0.15) is 4.39 Å². The Hall–Kier alpha value is -2.45. The first-order valence-electron chi connectivity index (χ1n) is 5.18. The zero-order valence-electron chi connectivity index (χ0n) is 9.68. The number of hydrogen-bond acceptors (Lipinski definition) is 5. The number of amidine groups is 1. The molecule has 0 amide bonds. The number of nitro benzene ring substituents is 1. The van der Waals surface area contributed by atoms with Crippen LogP contribution in [0.5, 0.6) is 5.75 Å². The molecule has 0 aliphatic heterocycles. The molecule has 0 aromatic heterocycles. The van der Waals surface area contributed by atoms with Crippen molar-refractivity contribution in [3.8, 4) is 5.75 Å². The van der Waals surface area contributed by atoms with Gasteiger partial charge in [-0.25, -0.2) is 4.39 Å². The molecule has 0 atom stereocenters. The second kappa shape index (κ2) is 6.47. The Morgan fingerprint density at radius 1 is 1.47 bits per heavy atom. The molecule has 1 rings (SSSR count). The maximum atomic E-state index is 13.4. The molecule has 0 fully saturated rings. The van der Waals surface area contributed by atoms with Crippen LogP contribution in [0.15, 0.2) is 17.3 Å². The summed E-state index contributed by atoms with van der Waals surface area (Å²) in [6, 6.07) is 1.06. The van der Waals surface area contributed by atoms with Gasteiger partial charge in [-0.15, -0.1) is 0 Å². The van der Waals surface area contributed by atoms with Gasteiger partial charge in [0, 0.05) is 12.5 Å². The van der Waals surface area contributed by atoms with Gasteiger partial charge in [0.15, 0.2) is 11.6 Å². The molecule has 0 spiro atoms. The number of hydrogen-bond donors (Lipinski definition) is 2. The van der Waals surface area contributed by atoms with E-state index in [1.807, 2.05) is 0 Å². The summed E-state index contributed by atoms with van der Waals surface area (Å²) in [5.41, 5.74) is 4.24. The number of nitrogens with zero attached hydrogens (tertiary/aromatic N) is 2. The predicted molar refractivity (Wildman–Crippen MR) is 61.2 cm³/mol. The van der Waals surface area contributed by atoms with Crippen molar-refractivity contribution >= 4 is 11.5 Å². The third kappa shape index (κ3) is 4.05. The molecule has 0 bridgehead atoms. The van der Waals surface area contributed by atoms with Crippen LogP contribution in [-0.4, -0.2) is 22.6 Å². The average molecular weight is 275 g/mol. The van der Waals surface area contributed by atoms with E-state index in [9.17, 15) is 18.9 Å². The molecule has 19 heavy (non-hydrogen) atoms. The van der Waals surface area contributed by atoms with Crippen LogP contribution in [0, 0.1) is 21.7 Å². The number of rotatable bonds is 6. The first kappa shape index (κ1) is 14.6. The van der Waals surface area contributed by atoms with Crippen LogP contribution in [0.1, 0.15) is 12.8 Å². The van der Waals surface area contributed by atoms with Gasteiger partial charge in [0.1, 0.15) is 5.84 Å². The number of halogens is 2. The minimum Gasteiger partial charge on any atom is -0.490 e. The van der Waals surface area contributed by atoms with Crippen LogP contribution in [-0.2, 0) is 0 Å². The Labute approximate surface area is 106 Å². The number of nitro groups is 1. The van der Waals surface area contributed by atoms with E-state index >= 15 is 0 Å². The smallest absolute Gasteiger partial charge is 0.307 e. The minimum atomic E-state index is -1.18. The van der Waals surface area contributed by atoms with Gasteiger partial charge in [-0.3, -0.25) is 10.1 Å². The van der Waals surface area contributed by atoms with Crippen molar-refractivity contribution in [1.82, 2.24) is 0 Å². The summed E-state index contributed by atoms with van der Waals surface area (Å²) in [7, 11) is 0. The van der Waals surface area contributed by atoms with Crippen molar-refractivity contribution in [2.24, 2.45) is 10.9 Å². The summed E-state index contributed by atoms with van der Waals surface area (Å²) in [6.07, 6.45) is 0.529. The third-order valence-corrected chi connectivity index (χ3v) is 2.16. The zero-order valence-corrected chi connectivity index (χ0v) is 9.68. The molecule has 0 saturated heterocycles. The quantitative estimate of drug-likeness (QED) is 0.205.